The van der Waals surface area contributed by atoms with Crippen LogP contribution in [0.15, 0.2) is 48.9 Å². The Hall–Kier alpha value is -4.26. The van der Waals surface area contributed by atoms with Crippen LogP contribution in [0.1, 0.15) is 21.6 Å². The Morgan fingerprint density at radius 1 is 1.06 bits per heavy atom. The summed E-state index contributed by atoms with van der Waals surface area (Å²) in [6.07, 6.45) is -1.78. The molecule has 0 aromatic carbocycles. The van der Waals surface area contributed by atoms with Crippen molar-refractivity contribution >= 4 is 28.6 Å². The van der Waals surface area contributed by atoms with Crippen LogP contribution < -0.4 is 5.32 Å². The molecule has 2 N–H and O–H groups in total. The number of amides is 1. The van der Waals surface area contributed by atoms with Crippen molar-refractivity contribution < 1.29 is 27.5 Å². The zero-order chi connectivity index (χ0) is 25.9. The molecule has 0 fully saturated rings. The van der Waals surface area contributed by atoms with Crippen LogP contribution in [0.3, 0.4) is 0 Å². The molecule has 36 heavy (non-hydrogen) atoms. The van der Waals surface area contributed by atoms with Crippen molar-refractivity contribution in [3.8, 4) is 11.4 Å². The van der Waals surface area contributed by atoms with Crippen LogP contribution in [0.5, 0.6) is 0 Å². The minimum atomic E-state index is -4.55. The molecule has 1 amide bonds. The molecule has 0 unspecified atom stereocenters. The second kappa shape index (κ2) is 10.2. The number of hydrogen-bond acceptors (Lipinski definition) is 8. The Bertz CT molecular complexity index is 1400. The van der Waals surface area contributed by atoms with Gasteiger partial charge in [-0.15, -0.1) is 0 Å². The lowest BCUT2D eigenvalue weighted by atomic mass is 10.1. The van der Waals surface area contributed by atoms with Gasteiger partial charge in [-0.05, 0) is 24.3 Å². The highest BCUT2D eigenvalue weighted by atomic mass is 19.4. The summed E-state index contributed by atoms with van der Waals surface area (Å²) in [6.45, 7) is -0.954. The summed E-state index contributed by atoms with van der Waals surface area (Å²) in [5.41, 5.74) is 0.410. The topological polar surface area (TPSA) is 117 Å². The number of alkyl halides is 4. The molecule has 0 aliphatic rings. The van der Waals surface area contributed by atoms with E-state index in [9.17, 15) is 22.4 Å². The van der Waals surface area contributed by atoms with Gasteiger partial charge in [0.15, 0.2) is 5.65 Å². The van der Waals surface area contributed by atoms with Gasteiger partial charge in [0.1, 0.15) is 12.4 Å². The molecule has 0 aliphatic carbocycles. The van der Waals surface area contributed by atoms with Gasteiger partial charge >= 0.3 is 6.18 Å². The molecule has 4 aromatic rings. The van der Waals surface area contributed by atoms with Crippen molar-refractivity contribution in [1.82, 2.24) is 29.8 Å². The van der Waals surface area contributed by atoms with Crippen LogP contribution in [-0.4, -0.2) is 61.0 Å². The van der Waals surface area contributed by atoms with Gasteiger partial charge < -0.3 is 15.3 Å². The number of carbonyl (C=O) groups excluding carboxylic acids is 1. The maximum Gasteiger partial charge on any atom is 0.419 e. The number of rotatable bonds is 7. The van der Waals surface area contributed by atoms with Crippen LogP contribution in [0.25, 0.3) is 22.4 Å². The molecule has 4 heterocycles. The highest BCUT2D eigenvalue weighted by Gasteiger charge is 2.31. The highest BCUT2D eigenvalue weighted by molar-refractivity contribution is 5.93. The molecule has 0 spiro atoms. The SMILES string of the molecule is CN(CCO)C(=O)c1ccc(CF)c(-c2ccc3c(Nc4ncc(C(F)(F)F)cn4)ccnc3n2)n1. The van der Waals surface area contributed by atoms with E-state index in [-0.39, 0.29) is 47.4 Å². The monoisotopic (exact) mass is 501 g/mol. The quantitative estimate of drug-likeness (QED) is 0.368. The molecule has 0 saturated carbocycles. The minimum absolute atomic E-state index is 0.0563. The summed E-state index contributed by atoms with van der Waals surface area (Å²) < 4.78 is 52.0. The summed E-state index contributed by atoms with van der Waals surface area (Å²) in [7, 11) is 1.51. The molecule has 13 heteroatoms. The number of hydrogen-bond donors (Lipinski definition) is 2. The van der Waals surface area contributed by atoms with E-state index in [0.717, 1.165) is 0 Å². The number of pyridine rings is 3. The highest BCUT2D eigenvalue weighted by Crippen LogP contribution is 2.30. The standard InChI is InChI=1S/C23H19F4N7O2/c1-34(8-9-35)21(36)18-4-2-13(10-24)19(31-18)17-5-3-15-16(6-7-28-20(15)32-17)33-22-29-11-14(12-30-22)23(25,26)27/h2-7,11-12,35H,8-10H2,1H3,(H,28,29,30,32,33). The second-order valence-electron chi connectivity index (χ2n) is 7.63. The van der Waals surface area contributed by atoms with Gasteiger partial charge in [-0.1, -0.05) is 6.07 Å². The van der Waals surface area contributed by atoms with E-state index in [0.29, 0.717) is 23.5 Å². The largest absolute Gasteiger partial charge is 0.419 e. The van der Waals surface area contributed by atoms with Crippen molar-refractivity contribution in [2.45, 2.75) is 12.9 Å². The third kappa shape index (κ3) is 5.20. The van der Waals surface area contributed by atoms with E-state index >= 15 is 0 Å². The predicted octanol–water partition coefficient (Wildman–Crippen LogP) is 3.78. The molecular weight excluding hydrogens is 482 g/mol. The number of carbonyl (C=O) groups is 1. The molecule has 0 aliphatic heterocycles. The number of aliphatic hydroxyl groups is 1. The third-order valence-electron chi connectivity index (χ3n) is 5.20. The number of anilines is 2. The molecular formula is C23H19F4N7O2. The van der Waals surface area contributed by atoms with Crippen LogP contribution >= 0.6 is 0 Å². The van der Waals surface area contributed by atoms with Crippen LogP contribution in [0, 0.1) is 0 Å². The fourth-order valence-electron chi connectivity index (χ4n) is 3.31. The van der Waals surface area contributed by atoms with Crippen molar-refractivity contribution in [3.05, 3.63) is 65.7 Å². The van der Waals surface area contributed by atoms with E-state index in [1.807, 2.05) is 0 Å². The lowest BCUT2D eigenvalue weighted by molar-refractivity contribution is -0.138. The van der Waals surface area contributed by atoms with Gasteiger partial charge in [0.2, 0.25) is 5.95 Å². The van der Waals surface area contributed by atoms with Crippen molar-refractivity contribution in [3.63, 3.8) is 0 Å². The normalized spacial score (nSPS) is 11.5. The van der Waals surface area contributed by atoms with Gasteiger partial charge in [-0.25, -0.2) is 29.3 Å². The number of nitrogens with one attached hydrogen (secondary N) is 1. The summed E-state index contributed by atoms with van der Waals surface area (Å²) in [4.78, 5) is 34.2. The maximum absolute atomic E-state index is 13.7. The molecule has 9 nitrogen and oxygen atoms in total. The summed E-state index contributed by atoms with van der Waals surface area (Å²) >= 11 is 0. The van der Waals surface area contributed by atoms with Crippen molar-refractivity contribution in [2.24, 2.45) is 0 Å². The second-order valence-corrected chi connectivity index (χ2v) is 7.63. The Morgan fingerprint density at radius 2 is 1.81 bits per heavy atom. The van der Waals surface area contributed by atoms with E-state index in [2.05, 4.69) is 30.2 Å². The summed E-state index contributed by atoms with van der Waals surface area (Å²) in [5.74, 6) is -0.503. The number of fused-ring (bicyclic) bond motifs is 1. The molecule has 0 radical (unpaired) electrons. The van der Waals surface area contributed by atoms with E-state index in [1.54, 1.807) is 18.2 Å². The Morgan fingerprint density at radius 3 is 2.47 bits per heavy atom. The number of aliphatic hydroxyl groups excluding tert-OH is 1. The first-order valence-corrected chi connectivity index (χ1v) is 10.6. The molecule has 0 saturated heterocycles. The number of likely N-dealkylation sites (N-methyl/N-ethyl adjacent to an activating group) is 1. The predicted molar refractivity (Wildman–Crippen MR) is 122 cm³/mol. The van der Waals surface area contributed by atoms with Crippen molar-refractivity contribution in [1.29, 1.82) is 0 Å². The Kier molecular flexibility index (Phi) is 7.01. The molecule has 0 bridgehead atoms. The molecule has 4 aromatic heterocycles. The third-order valence-corrected chi connectivity index (χ3v) is 5.20. The van der Waals surface area contributed by atoms with Gasteiger partial charge in [0.05, 0.1) is 29.2 Å². The average molecular weight is 501 g/mol. The lowest BCUT2D eigenvalue weighted by Crippen LogP contribution is -2.30. The minimum Gasteiger partial charge on any atom is -0.395 e. The fraction of sp³-hybridized carbons (Fsp3) is 0.217. The van der Waals surface area contributed by atoms with Crippen molar-refractivity contribution in [2.75, 3.05) is 25.5 Å². The average Bonchev–Trinajstić information content (AvgIpc) is 2.87. The first kappa shape index (κ1) is 24.9. The van der Waals surface area contributed by atoms with Crippen LogP contribution in [0.4, 0.5) is 29.2 Å². The number of nitrogens with zero attached hydrogens (tertiary/aromatic N) is 6. The lowest BCUT2D eigenvalue weighted by Gasteiger charge is -2.16. The summed E-state index contributed by atoms with van der Waals surface area (Å²) in [5, 5.41) is 12.4. The molecule has 0 atom stereocenters. The molecule has 186 valence electrons. The number of aromatic nitrogens is 5. The van der Waals surface area contributed by atoms with Gasteiger partial charge in [0.25, 0.3) is 5.91 Å². The van der Waals surface area contributed by atoms with Crippen LogP contribution in [0.2, 0.25) is 0 Å². The van der Waals surface area contributed by atoms with E-state index in [4.69, 9.17) is 5.11 Å². The Balaban J connectivity index is 1.68. The van der Waals surface area contributed by atoms with Crippen LogP contribution in [-0.2, 0) is 12.9 Å². The smallest absolute Gasteiger partial charge is 0.395 e. The first-order valence-electron chi connectivity index (χ1n) is 10.6. The number of halogens is 4. The zero-order valence-electron chi connectivity index (χ0n) is 18.8. The fourth-order valence-corrected chi connectivity index (χ4v) is 3.31. The first-order chi connectivity index (χ1) is 17.2. The van der Waals surface area contributed by atoms with Gasteiger partial charge in [0, 0.05) is 43.1 Å². The maximum atomic E-state index is 13.7. The van der Waals surface area contributed by atoms with E-state index < -0.39 is 24.3 Å². The molecule has 4 rings (SSSR count). The summed E-state index contributed by atoms with van der Waals surface area (Å²) in [6, 6.07) is 7.62. The van der Waals surface area contributed by atoms with Gasteiger partial charge in [-0.2, -0.15) is 13.2 Å². The van der Waals surface area contributed by atoms with Gasteiger partial charge in [-0.3, -0.25) is 4.79 Å². The van der Waals surface area contributed by atoms with E-state index in [1.165, 1.54) is 30.3 Å². The Labute approximate surface area is 201 Å². The zero-order valence-corrected chi connectivity index (χ0v) is 18.8.